The van der Waals surface area contributed by atoms with Crippen LogP contribution in [0, 0.1) is 11.3 Å². The van der Waals surface area contributed by atoms with Gasteiger partial charge in [0.05, 0.1) is 27.2 Å². The number of likely N-dealkylation sites (tertiary alicyclic amines) is 1. The van der Waals surface area contributed by atoms with E-state index in [9.17, 15) is 9.59 Å². The summed E-state index contributed by atoms with van der Waals surface area (Å²) < 4.78 is 16.4. The smallest absolute Gasteiger partial charge is 0.225 e. The largest absolute Gasteiger partial charge is 0.493 e. The Balaban J connectivity index is 2.40. The Labute approximate surface area is 180 Å². The van der Waals surface area contributed by atoms with Crippen LogP contribution >= 0.6 is 0 Å². The molecule has 0 aromatic heterocycles. The van der Waals surface area contributed by atoms with Crippen molar-refractivity contribution in [2.45, 2.75) is 46.5 Å². The first kappa shape index (κ1) is 23.8. The van der Waals surface area contributed by atoms with E-state index in [4.69, 9.17) is 14.2 Å². The lowest BCUT2D eigenvalue weighted by Crippen LogP contribution is -2.36. The van der Waals surface area contributed by atoms with Crippen LogP contribution in [0.1, 0.15) is 52.0 Å². The molecule has 1 aliphatic rings. The standard InChI is InChI=1S/C23H36N2O5/c1-8-9-24-22(27)17-14-25(20(26)12-23(2,3)4)13-16(17)15-10-18(28-5)21(30-7)19(11-15)29-6/h10-11,16-17H,8-9,12-14H2,1-7H3,(H,24,27)/t16-,17-/m0/s1. The van der Waals surface area contributed by atoms with E-state index in [1.54, 1.807) is 21.3 Å². The Bertz CT molecular complexity index is 731. The minimum Gasteiger partial charge on any atom is -0.493 e. The summed E-state index contributed by atoms with van der Waals surface area (Å²) in [5, 5.41) is 3.00. The molecule has 1 fully saturated rings. The van der Waals surface area contributed by atoms with Crippen LogP contribution in [-0.2, 0) is 9.59 Å². The second-order valence-electron chi connectivity index (χ2n) is 9.00. The van der Waals surface area contributed by atoms with Crippen molar-refractivity contribution in [3.63, 3.8) is 0 Å². The summed E-state index contributed by atoms with van der Waals surface area (Å²) in [6, 6.07) is 3.76. The summed E-state index contributed by atoms with van der Waals surface area (Å²) >= 11 is 0. The van der Waals surface area contributed by atoms with Crippen molar-refractivity contribution < 1.29 is 23.8 Å². The number of carbonyl (C=O) groups is 2. The van der Waals surface area contributed by atoms with Gasteiger partial charge in [0.1, 0.15) is 0 Å². The van der Waals surface area contributed by atoms with Gasteiger partial charge in [-0.3, -0.25) is 9.59 Å². The van der Waals surface area contributed by atoms with Crippen molar-refractivity contribution in [3.05, 3.63) is 17.7 Å². The molecule has 1 N–H and O–H groups in total. The number of ether oxygens (including phenoxy) is 3. The van der Waals surface area contributed by atoms with Crippen molar-refractivity contribution in [2.75, 3.05) is 41.0 Å². The number of hydrogen-bond donors (Lipinski definition) is 1. The molecule has 0 saturated carbocycles. The highest BCUT2D eigenvalue weighted by atomic mass is 16.5. The molecular weight excluding hydrogens is 384 g/mol. The Morgan fingerprint density at radius 1 is 1.07 bits per heavy atom. The number of hydrogen-bond acceptors (Lipinski definition) is 5. The number of carbonyl (C=O) groups excluding carboxylic acids is 2. The maximum Gasteiger partial charge on any atom is 0.225 e. The molecule has 7 heteroatoms. The van der Waals surface area contributed by atoms with Crippen LogP contribution in [0.15, 0.2) is 12.1 Å². The predicted molar refractivity (Wildman–Crippen MR) is 116 cm³/mol. The highest BCUT2D eigenvalue weighted by Gasteiger charge is 2.41. The van der Waals surface area contributed by atoms with E-state index < -0.39 is 0 Å². The molecule has 168 valence electrons. The first-order valence-corrected chi connectivity index (χ1v) is 10.5. The van der Waals surface area contributed by atoms with E-state index in [0.29, 0.717) is 43.3 Å². The maximum absolute atomic E-state index is 12.9. The van der Waals surface area contributed by atoms with E-state index in [1.807, 2.05) is 44.7 Å². The normalized spacial score (nSPS) is 18.8. The van der Waals surface area contributed by atoms with Gasteiger partial charge in [-0.2, -0.15) is 0 Å². The highest BCUT2D eigenvalue weighted by Crippen LogP contribution is 2.43. The molecule has 7 nitrogen and oxygen atoms in total. The topological polar surface area (TPSA) is 77.1 Å². The Kier molecular flexibility index (Phi) is 7.98. The fraction of sp³-hybridized carbons (Fsp3) is 0.652. The van der Waals surface area contributed by atoms with Crippen LogP contribution < -0.4 is 19.5 Å². The second kappa shape index (κ2) is 10.0. The first-order valence-electron chi connectivity index (χ1n) is 10.5. The first-order chi connectivity index (χ1) is 14.1. The van der Waals surface area contributed by atoms with E-state index in [0.717, 1.165) is 12.0 Å². The van der Waals surface area contributed by atoms with E-state index in [-0.39, 0.29) is 29.1 Å². The van der Waals surface area contributed by atoms with Gasteiger partial charge in [-0.25, -0.2) is 0 Å². The van der Waals surface area contributed by atoms with Crippen molar-refractivity contribution >= 4 is 11.8 Å². The fourth-order valence-electron chi connectivity index (χ4n) is 3.87. The van der Waals surface area contributed by atoms with E-state index in [2.05, 4.69) is 5.32 Å². The number of amides is 2. The van der Waals surface area contributed by atoms with Gasteiger partial charge >= 0.3 is 0 Å². The SMILES string of the molecule is CCCNC(=O)[C@H]1CN(C(=O)CC(C)(C)C)C[C@H]1c1cc(OC)c(OC)c(OC)c1. The zero-order valence-corrected chi connectivity index (χ0v) is 19.3. The molecule has 0 unspecified atom stereocenters. The van der Waals surface area contributed by atoms with Crippen LogP contribution in [-0.4, -0.2) is 57.7 Å². The van der Waals surface area contributed by atoms with Gasteiger partial charge in [-0.1, -0.05) is 27.7 Å². The molecule has 0 spiro atoms. The number of benzene rings is 1. The average Bonchev–Trinajstić information content (AvgIpc) is 3.15. The second-order valence-corrected chi connectivity index (χ2v) is 9.00. The zero-order valence-electron chi connectivity index (χ0n) is 19.3. The van der Waals surface area contributed by atoms with Gasteiger partial charge in [0.15, 0.2) is 11.5 Å². The molecule has 2 atom stereocenters. The fourth-order valence-corrected chi connectivity index (χ4v) is 3.87. The van der Waals surface area contributed by atoms with Crippen LogP contribution in [0.3, 0.4) is 0 Å². The summed E-state index contributed by atoms with van der Waals surface area (Å²) in [5.41, 5.74) is 0.786. The molecule has 1 heterocycles. The van der Waals surface area contributed by atoms with Crippen molar-refractivity contribution in [1.82, 2.24) is 10.2 Å². The Morgan fingerprint density at radius 3 is 2.13 bits per heavy atom. The highest BCUT2D eigenvalue weighted by molar-refractivity contribution is 5.83. The molecule has 1 saturated heterocycles. The molecule has 1 aliphatic heterocycles. The summed E-state index contributed by atoms with van der Waals surface area (Å²) in [5.74, 6) is 1.16. The third-order valence-corrected chi connectivity index (χ3v) is 5.36. The average molecular weight is 421 g/mol. The number of rotatable bonds is 8. The van der Waals surface area contributed by atoms with Crippen LogP contribution in [0.25, 0.3) is 0 Å². The predicted octanol–water partition coefficient (Wildman–Crippen LogP) is 3.22. The summed E-state index contributed by atoms with van der Waals surface area (Å²) in [7, 11) is 4.70. The molecule has 1 aromatic carbocycles. The molecule has 2 rings (SSSR count). The van der Waals surface area contributed by atoms with Crippen LogP contribution in [0.5, 0.6) is 17.2 Å². The number of methoxy groups -OCH3 is 3. The van der Waals surface area contributed by atoms with Crippen molar-refractivity contribution in [3.8, 4) is 17.2 Å². The lowest BCUT2D eigenvalue weighted by molar-refractivity contribution is -0.132. The number of nitrogens with one attached hydrogen (secondary N) is 1. The van der Waals surface area contributed by atoms with Crippen LogP contribution in [0.2, 0.25) is 0 Å². The van der Waals surface area contributed by atoms with Gasteiger partial charge in [-0.05, 0) is 29.5 Å². The van der Waals surface area contributed by atoms with Gasteiger partial charge in [-0.15, -0.1) is 0 Å². The van der Waals surface area contributed by atoms with Crippen LogP contribution in [0.4, 0.5) is 0 Å². The molecule has 0 bridgehead atoms. The van der Waals surface area contributed by atoms with E-state index >= 15 is 0 Å². The van der Waals surface area contributed by atoms with Gasteiger partial charge in [0, 0.05) is 32.0 Å². The molecule has 30 heavy (non-hydrogen) atoms. The molecule has 0 radical (unpaired) electrons. The third-order valence-electron chi connectivity index (χ3n) is 5.36. The summed E-state index contributed by atoms with van der Waals surface area (Å²) in [6.07, 6.45) is 1.30. The third kappa shape index (κ3) is 5.58. The zero-order chi connectivity index (χ0) is 22.5. The molecule has 0 aliphatic carbocycles. The summed E-state index contributed by atoms with van der Waals surface area (Å²) in [4.78, 5) is 27.6. The lowest BCUT2D eigenvalue weighted by Gasteiger charge is -2.23. The number of nitrogens with zero attached hydrogens (tertiary/aromatic N) is 1. The van der Waals surface area contributed by atoms with Crippen molar-refractivity contribution in [1.29, 1.82) is 0 Å². The summed E-state index contributed by atoms with van der Waals surface area (Å²) in [6.45, 7) is 9.66. The van der Waals surface area contributed by atoms with Gasteiger partial charge < -0.3 is 24.4 Å². The van der Waals surface area contributed by atoms with Gasteiger partial charge in [0.25, 0.3) is 0 Å². The Hall–Kier alpha value is -2.44. The minimum absolute atomic E-state index is 0.0262. The maximum atomic E-state index is 12.9. The minimum atomic E-state index is -0.330. The quantitative estimate of drug-likeness (QED) is 0.699. The molecule has 1 aromatic rings. The Morgan fingerprint density at radius 2 is 1.67 bits per heavy atom. The monoisotopic (exact) mass is 420 g/mol. The van der Waals surface area contributed by atoms with Gasteiger partial charge in [0.2, 0.25) is 17.6 Å². The van der Waals surface area contributed by atoms with Crippen molar-refractivity contribution in [2.24, 2.45) is 11.3 Å². The van der Waals surface area contributed by atoms with E-state index in [1.165, 1.54) is 0 Å². The lowest BCUT2D eigenvalue weighted by atomic mass is 9.88. The molecule has 2 amide bonds. The molecular formula is C23H36N2O5.